The van der Waals surface area contributed by atoms with Crippen LogP contribution >= 0.6 is 0 Å². The molecule has 1 aromatic carbocycles. The van der Waals surface area contributed by atoms with Crippen LogP contribution in [-0.2, 0) is 4.79 Å². The van der Waals surface area contributed by atoms with Crippen LogP contribution in [0.2, 0.25) is 0 Å². The molecule has 0 radical (unpaired) electrons. The molecule has 1 aliphatic rings. The Morgan fingerprint density at radius 3 is 2.28 bits per heavy atom. The fourth-order valence-corrected chi connectivity index (χ4v) is 2.01. The first-order valence-electron chi connectivity index (χ1n) is 5.97. The molecule has 0 spiro atoms. The summed E-state index contributed by atoms with van der Waals surface area (Å²) in [7, 11) is 0. The van der Waals surface area contributed by atoms with Crippen LogP contribution in [0.15, 0.2) is 30.3 Å². The molecule has 1 amide bonds. The number of rotatable bonds is 3. The Morgan fingerprint density at radius 2 is 1.72 bits per heavy atom. The fraction of sp³-hybridized carbons (Fsp3) is 0.286. The zero-order valence-electron chi connectivity index (χ0n) is 10.0. The van der Waals surface area contributed by atoms with Gasteiger partial charge >= 0.3 is 5.97 Å². The molecular formula is C14H15NO3. The lowest BCUT2D eigenvalue weighted by Gasteiger charge is -2.15. The maximum Gasteiger partial charge on any atom is 0.328 e. The van der Waals surface area contributed by atoms with E-state index in [1.807, 2.05) is 4.90 Å². The number of likely N-dealkylation sites (tertiary alicyclic amines) is 1. The molecule has 1 fully saturated rings. The van der Waals surface area contributed by atoms with Crippen molar-refractivity contribution in [1.82, 2.24) is 4.90 Å². The lowest BCUT2D eigenvalue weighted by molar-refractivity contribution is -0.131. The van der Waals surface area contributed by atoms with Crippen molar-refractivity contribution in [3.8, 4) is 0 Å². The van der Waals surface area contributed by atoms with Crippen molar-refractivity contribution in [1.29, 1.82) is 0 Å². The first kappa shape index (κ1) is 12.4. The Balaban J connectivity index is 2.07. The van der Waals surface area contributed by atoms with E-state index in [1.54, 1.807) is 24.3 Å². The van der Waals surface area contributed by atoms with Crippen LogP contribution in [-0.4, -0.2) is 35.0 Å². The first-order valence-corrected chi connectivity index (χ1v) is 5.97. The van der Waals surface area contributed by atoms with Crippen molar-refractivity contribution >= 4 is 18.0 Å². The zero-order chi connectivity index (χ0) is 13.0. The molecule has 0 saturated carbocycles. The molecule has 94 valence electrons. The number of carboxylic acid groups (broad SMARTS) is 1. The van der Waals surface area contributed by atoms with E-state index >= 15 is 0 Å². The average molecular weight is 245 g/mol. The molecule has 1 heterocycles. The second kappa shape index (κ2) is 5.49. The lowest BCUT2D eigenvalue weighted by Crippen LogP contribution is -2.27. The summed E-state index contributed by atoms with van der Waals surface area (Å²) in [6.07, 6.45) is 4.74. The average Bonchev–Trinajstić information content (AvgIpc) is 2.90. The number of benzene rings is 1. The van der Waals surface area contributed by atoms with Crippen LogP contribution in [0.25, 0.3) is 6.08 Å². The largest absolute Gasteiger partial charge is 0.478 e. The molecule has 0 unspecified atom stereocenters. The highest BCUT2D eigenvalue weighted by Crippen LogP contribution is 2.14. The number of aliphatic carboxylic acids is 1. The van der Waals surface area contributed by atoms with Crippen LogP contribution < -0.4 is 0 Å². The van der Waals surface area contributed by atoms with Crippen LogP contribution in [0.4, 0.5) is 0 Å². The molecule has 0 aromatic heterocycles. The van der Waals surface area contributed by atoms with Gasteiger partial charge in [-0.3, -0.25) is 4.79 Å². The van der Waals surface area contributed by atoms with E-state index < -0.39 is 5.97 Å². The van der Waals surface area contributed by atoms with Gasteiger partial charge in [-0.25, -0.2) is 4.79 Å². The van der Waals surface area contributed by atoms with Crippen molar-refractivity contribution in [2.45, 2.75) is 12.8 Å². The van der Waals surface area contributed by atoms with Gasteiger partial charge < -0.3 is 10.0 Å². The van der Waals surface area contributed by atoms with Crippen molar-refractivity contribution in [3.63, 3.8) is 0 Å². The first-order chi connectivity index (χ1) is 8.66. The Morgan fingerprint density at radius 1 is 1.11 bits per heavy atom. The molecule has 0 bridgehead atoms. The Kier molecular flexibility index (Phi) is 3.77. The summed E-state index contributed by atoms with van der Waals surface area (Å²) in [6.45, 7) is 1.67. The maximum atomic E-state index is 12.0. The van der Waals surface area contributed by atoms with Gasteiger partial charge in [-0.1, -0.05) is 12.1 Å². The highest BCUT2D eigenvalue weighted by atomic mass is 16.4. The number of hydrogen-bond acceptors (Lipinski definition) is 2. The summed E-state index contributed by atoms with van der Waals surface area (Å²) in [4.78, 5) is 24.3. The molecular weight excluding hydrogens is 230 g/mol. The predicted molar refractivity (Wildman–Crippen MR) is 68.2 cm³/mol. The molecule has 1 saturated heterocycles. The van der Waals surface area contributed by atoms with Crippen molar-refractivity contribution in [2.75, 3.05) is 13.1 Å². The summed E-state index contributed by atoms with van der Waals surface area (Å²) >= 11 is 0. The number of hydrogen-bond donors (Lipinski definition) is 1. The van der Waals surface area contributed by atoms with E-state index in [1.165, 1.54) is 6.08 Å². The van der Waals surface area contributed by atoms with Gasteiger partial charge in [0.2, 0.25) is 0 Å². The summed E-state index contributed by atoms with van der Waals surface area (Å²) in [6, 6.07) is 6.98. The summed E-state index contributed by atoms with van der Waals surface area (Å²) in [5.41, 5.74) is 1.43. The molecule has 4 heteroatoms. The van der Waals surface area contributed by atoms with E-state index in [-0.39, 0.29) is 5.91 Å². The van der Waals surface area contributed by atoms with E-state index in [9.17, 15) is 9.59 Å². The second-order valence-electron chi connectivity index (χ2n) is 4.29. The van der Waals surface area contributed by atoms with Crippen molar-refractivity contribution < 1.29 is 14.7 Å². The molecule has 1 aliphatic heterocycles. The van der Waals surface area contributed by atoms with E-state index in [0.717, 1.165) is 37.6 Å². The van der Waals surface area contributed by atoms with Crippen LogP contribution in [0.1, 0.15) is 28.8 Å². The van der Waals surface area contributed by atoms with Gasteiger partial charge in [-0.05, 0) is 36.6 Å². The number of carbonyl (C=O) groups is 2. The molecule has 18 heavy (non-hydrogen) atoms. The van der Waals surface area contributed by atoms with Gasteiger partial charge in [0.05, 0.1) is 0 Å². The van der Waals surface area contributed by atoms with Crippen molar-refractivity contribution in [3.05, 3.63) is 41.5 Å². The molecule has 1 aromatic rings. The Hall–Kier alpha value is -2.10. The third-order valence-corrected chi connectivity index (χ3v) is 2.97. The lowest BCUT2D eigenvalue weighted by atomic mass is 10.1. The van der Waals surface area contributed by atoms with Gasteiger partial charge in [0.15, 0.2) is 0 Å². The number of nitrogens with zero attached hydrogens (tertiary/aromatic N) is 1. The fourth-order valence-electron chi connectivity index (χ4n) is 2.01. The standard InChI is InChI=1S/C14H15NO3/c16-13(17)8-5-11-3-6-12(7-4-11)14(18)15-9-1-2-10-15/h3-8H,1-2,9-10H2,(H,16,17)/b8-5+. The molecule has 0 atom stereocenters. The molecule has 4 nitrogen and oxygen atoms in total. The van der Waals surface area contributed by atoms with Crippen LogP contribution in [0, 0.1) is 0 Å². The zero-order valence-corrected chi connectivity index (χ0v) is 10.0. The van der Waals surface area contributed by atoms with Gasteiger partial charge in [0.1, 0.15) is 0 Å². The second-order valence-corrected chi connectivity index (χ2v) is 4.29. The van der Waals surface area contributed by atoms with Crippen LogP contribution in [0.3, 0.4) is 0 Å². The normalized spacial score (nSPS) is 15.2. The summed E-state index contributed by atoms with van der Waals surface area (Å²) < 4.78 is 0. The van der Waals surface area contributed by atoms with Gasteiger partial charge in [-0.15, -0.1) is 0 Å². The third kappa shape index (κ3) is 2.97. The quantitative estimate of drug-likeness (QED) is 0.829. The smallest absolute Gasteiger partial charge is 0.328 e. The van der Waals surface area contributed by atoms with Gasteiger partial charge in [0, 0.05) is 24.7 Å². The molecule has 1 N–H and O–H groups in total. The minimum absolute atomic E-state index is 0.0567. The van der Waals surface area contributed by atoms with E-state index in [4.69, 9.17) is 5.11 Å². The Bertz CT molecular complexity index is 470. The summed E-state index contributed by atoms with van der Waals surface area (Å²) in [5, 5.41) is 8.51. The predicted octanol–water partition coefficient (Wildman–Crippen LogP) is 2.02. The minimum Gasteiger partial charge on any atom is -0.478 e. The van der Waals surface area contributed by atoms with E-state index in [0.29, 0.717) is 5.56 Å². The number of carboxylic acids is 1. The molecule has 0 aliphatic carbocycles. The SMILES string of the molecule is O=C(O)/C=C/c1ccc(C(=O)N2CCCC2)cc1. The summed E-state index contributed by atoms with van der Waals surface area (Å²) in [5.74, 6) is -0.923. The number of carbonyl (C=O) groups excluding carboxylic acids is 1. The van der Waals surface area contributed by atoms with Gasteiger partial charge in [-0.2, -0.15) is 0 Å². The number of amides is 1. The third-order valence-electron chi connectivity index (χ3n) is 2.97. The topological polar surface area (TPSA) is 57.6 Å². The minimum atomic E-state index is -0.979. The van der Waals surface area contributed by atoms with E-state index in [2.05, 4.69) is 0 Å². The highest BCUT2D eigenvalue weighted by molar-refractivity contribution is 5.94. The highest BCUT2D eigenvalue weighted by Gasteiger charge is 2.18. The molecule has 2 rings (SSSR count). The van der Waals surface area contributed by atoms with Crippen LogP contribution in [0.5, 0.6) is 0 Å². The van der Waals surface area contributed by atoms with Gasteiger partial charge in [0.25, 0.3) is 5.91 Å². The monoisotopic (exact) mass is 245 g/mol. The maximum absolute atomic E-state index is 12.0. The Labute approximate surface area is 106 Å². The van der Waals surface area contributed by atoms with Crippen molar-refractivity contribution in [2.24, 2.45) is 0 Å².